The van der Waals surface area contributed by atoms with Gasteiger partial charge >= 0.3 is 0 Å². The van der Waals surface area contributed by atoms with Crippen LogP contribution < -0.4 is 11.2 Å². The molecule has 116 valence electrons. The number of piperidine rings is 1. The minimum atomic E-state index is -0.417. The summed E-state index contributed by atoms with van der Waals surface area (Å²) in [6.45, 7) is 2.15. The molecule has 1 aliphatic rings. The van der Waals surface area contributed by atoms with Gasteiger partial charge in [-0.3, -0.25) is 14.5 Å². The van der Waals surface area contributed by atoms with Crippen LogP contribution in [0.2, 0.25) is 0 Å². The second-order valence-corrected chi connectivity index (χ2v) is 5.80. The number of likely N-dealkylation sites (tertiary alicyclic amines) is 1. The van der Waals surface area contributed by atoms with E-state index in [1.54, 1.807) is 6.07 Å². The average Bonchev–Trinajstić information content (AvgIpc) is 2.49. The quantitative estimate of drug-likeness (QED) is 0.898. The lowest BCUT2D eigenvalue weighted by Gasteiger charge is -2.30. The van der Waals surface area contributed by atoms with Crippen molar-refractivity contribution in [2.45, 2.75) is 19.4 Å². The van der Waals surface area contributed by atoms with Crippen molar-refractivity contribution in [3.8, 4) is 0 Å². The fourth-order valence-corrected chi connectivity index (χ4v) is 2.98. The summed E-state index contributed by atoms with van der Waals surface area (Å²) in [4.78, 5) is 28.6. The van der Waals surface area contributed by atoms with Crippen LogP contribution in [0.3, 0.4) is 0 Å². The number of nitrogens with zero attached hydrogens (tertiary/aromatic N) is 1. The zero-order valence-electron chi connectivity index (χ0n) is 12.1. The van der Waals surface area contributed by atoms with Gasteiger partial charge in [0.1, 0.15) is 5.82 Å². The van der Waals surface area contributed by atoms with Crippen LogP contribution in [0.4, 0.5) is 4.39 Å². The highest BCUT2D eigenvalue weighted by Crippen LogP contribution is 2.18. The Kier molecular flexibility index (Phi) is 3.94. The van der Waals surface area contributed by atoms with Crippen LogP contribution in [0.25, 0.3) is 10.9 Å². The van der Waals surface area contributed by atoms with E-state index in [1.807, 2.05) is 0 Å². The minimum Gasteiger partial charge on any atom is -0.369 e. The number of primary amides is 1. The minimum absolute atomic E-state index is 0.0464. The molecule has 3 N–H and O–H groups in total. The van der Waals surface area contributed by atoms with E-state index in [-0.39, 0.29) is 17.3 Å². The first-order valence-corrected chi connectivity index (χ1v) is 7.36. The van der Waals surface area contributed by atoms with Gasteiger partial charge in [-0.15, -0.1) is 0 Å². The molecule has 1 aliphatic heterocycles. The van der Waals surface area contributed by atoms with Gasteiger partial charge in [0, 0.05) is 35.1 Å². The monoisotopic (exact) mass is 303 g/mol. The summed E-state index contributed by atoms with van der Waals surface area (Å²) in [5.41, 5.74) is 6.57. The molecule has 0 radical (unpaired) electrons. The zero-order valence-corrected chi connectivity index (χ0v) is 12.1. The van der Waals surface area contributed by atoms with Crippen LogP contribution in [0.1, 0.15) is 18.5 Å². The Morgan fingerprint density at radius 2 is 2.05 bits per heavy atom. The number of nitrogens with one attached hydrogen (secondary N) is 1. The van der Waals surface area contributed by atoms with Crippen LogP contribution in [-0.2, 0) is 11.3 Å². The van der Waals surface area contributed by atoms with E-state index in [0.29, 0.717) is 17.4 Å². The molecule has 0 aliphatic carbocycles. The van der Waals surface area contributed by atoms with Gasteiger partial charge in [0.05, 0.1) is 0 Å². The second kappa shape index (κ2) is 5.88. The highest BCUT2D eigenvalue weighted by molar-refractivity contribution is 5.78. The van der Waals surface area contributed by atoms with Gasteiger partial charge in [0.25, 0.3) is 0 Å². The molecule has 1 aromatic heterocycles. The Balaban J connectivity index is 1.76. The van der Waals surface area contributed by atoms with Gasteiger partial charge in [0.2, 0.25) is 5.91 Å². The first-order valence-electron chi connectivity index (χ1n) is 7.36. The molecule has 0 saturated carbocycles. The summed E-state index contributed by atoms with van der Waals surface area (Å²) in [6, 6.07) is 5.67. The Morgan fingerprint density at radius 1 is 1.32 bits per heavy atom. The summed E-state index contributed by atoms with van der Waals surface area (Å²) in [6.07, 6.45) is 1.50. The van der Waals surface area contributed by atoms with Gasteiger partial charge in [0.15, 0.2) is 5.43 Å². The van der Waals surface area contributed by atoms with Crippen LogP contribution in [0, 0.1) is 11.7 Å². The normalized spacial score (nSPS) is 17.0. The maximum Gasteiger partial charge on any atom is 0.220 e. The van der Waals surface area contributed by atoms with Crippen LogP contribution >= 0.6 is 0 Å². The van der Waals surface area contributed by atoms with E-state index >= 15 is 0 Å². The first-order chi connectivity index (χ1) is 10.5. The fraction of sp³-hybridized carbons (Fsp3) is 0.375. The number of nitrogens with two attached hydrogens (primary N) is 1. The molecule has 1 saturated heterocycles. The molecule has 22 heavy (non-hydrogen) atoms. The van der Waals surface area contributed by atoms with Crippen molar-refractivity contribution < 1.29 is 9.18 Å². The molecule has 1 fully saturated rings. The SMILES string of the molecule is NC(=O)C1CCN(Cc2cc(=O)c3cc(F)ccc3[nH]2)CC1. The molecular formula is C16H18FN3O2. The van der Waals surface area contributed by atoms with Crippen LogP contribution in [0.5, 0.6) is 0 Å². The number of rotatable bonds is 3. The maximum absolute atomic E-state index is 13.2. The van der Waals surface area contributed by atoms with E-state index in [1.165, 1.54) is 18.2 Å². The van der Waals surface area contributed by atoms with Gasteiger partial charge in [-0.2, -0.15) is 0 Å². The first kappa shape index (κ1) is 14.7. The standard InChI is InChI=1S/C16H18FN3O2/c17-11-1-2-14-13(7-11)15(21)8-12(19-14)9-20-5-3-10(4-6-20)16(18)22/h1-2,7-8,10H,3-6,9H2,(H2,18,22)(H,19,21). The Labute approximate surface area is 126 Å². The summed E-state index contributed by atoms with van der Waals surface area (Å²) < 4.78 is 13.2. The van der Waals surface area contributed by atoms with E-state index < -0.39 is 5.82 Å². The largest absolute Gasteiger partial charge is 0.369 e. The number of amides is 1. The number of fused-ring (bicyclic) bond motifs is 1. The third kappa shape index (κ3) is 3.01. The number of H-pyrrole nitrogens is 1. The number of hydrogen-bond donors (Lipinski definition) is 2. The number of hydrogen-bond acceptors (Lipinski definition) is 3. The van der Waals surface area contributed by atoms with Crippen molar-refractivity contribution in [2.75, 3.05) is 13.1 Å². The number of halogens is 1. The van der Waals surface area contributed by atoms with Gasteiger partial charge in [-0.1, -0.05) is 0 Å². The number of benzene rings is 1. The van der Waals surface area contributed by atoms with Crippen molar-refractivity contribution in [1.29, 1.82) is 0 Å². The van der Waals surface area contributed by atoms with Crippen molar-refractivity contribution in [1.82, 2.24) is 9.88 Å². The number of carbonyl (C=O) groups excluding carboxylic acids is 1. The third-order valence-corrected chi connectivity index (χ3v) is 4.23. The molecule has 6 heteroatoms. The predicted molar refractivity (Wildman–Crippen MR) is 81.7 cm³/mol. The molecule has 2 aromatic rings. The smallest absolute Gasteiger partial charge is 0.220 e. The molecule has 0 spiro atoms. The summed E-state index contributed by atoms with van der Waals surface area (Å²) in [5, 5.41) is 0.358. The highest BCUT2D eigenvalue weighted by Gasteiger charge is 2.23. The average molecular weight is 303 g/mol. The van der Waals surface area contributed by atoms with Crippen molar-refractivity contribution in [3.05, 3.63) is 46.0 Å². The van der Waals surface area contributed by atoms with Gasteiger partial charge < -0.3 is 10.7 Å². The molecule has 1 amide bonds. The molecule has 0 unspecified atom stereocenters. The lowest BCUT2D eigenvalue weighted by atomic mass is 9.96. The number of carbonyl (C=O) groups is 1. The van der Waals surface area contributed by atoms with Crippen molar-refractivity contribution in [3.63, 3.8) is 0 Å². The van der Waals surface area contributed by atoms with Crippen molar-refractivity contribution >= 4 is 16.8 Å². The number of pyridine rings is 1. The summed E-state index contributed by atoms with van der Waals surface area (Å²) in [7, 11) is 0. The van der Waals surface area contributed by atoms with Gasteiger partial charge in [-0.25, -0.2) is 4.39 Å². The maximum atomic E-state index is 13.2. The second-order valence-electron chi connectivity index (χ2n) is 5.80. The lowest BCUT2D eigenvalue weighted by molar-refractivity contribution is -0.123. The van der Waals surface area contributed by atoms with E-state index in [2.05, 4.69) is 9.88 Å². The van der Waals surface area contributed by atoms with Gasteiger partial charge in [-0.05, 0) is 44.1 Å². The number of aromatic nitrogens is 1. The lowest BCUT2D eigenvalue weighted by Crippen LogP contribution is -2.38. The molecule has 0 atom stereocenters. The summed E-state index contributed by atoms with van der Waals surface area (Å²) >= 11 is 0. The fourth-order valence-electron chi connectivity index (χ4n) is 2.98. The Morgan fingerprint density at radius 3 is 2.73 bits per heavy atom. The topological polar surface area (TPSA) is 79.2 Å². The third-order valence-electron chi connectivity index (χ3n) is 4.23. The molecular weight excluding hydrogens is 285 g/mol. The zero-order chi connectivity index (χ0) is 15.7. The Bertz CT molecular complexity index is 764. The van der Waals surface area contributed by atoms with Crippen LogP contribution in [0.15, 0.2) is 29.1 Å². The Hall–Kier alpha value is -2.21. The molecule has 2 heterocycles. The molecule has 5 nitrogen and oxygen atoms in total. The molecule has 0 bridgehead atoms. The van der Waals surface area contributed by atoms with Crippen LogP contribution in [-0.4, -0.2) is 28.9 Å². The van der Waals surface area contributed by atoms with E-state index in [4.69, 9.17) is 5.73 Å². The van der Waals surface area contributed by atoms with Crippen molar-refractivity contribution in [2.24, 2.45) is 11.7 Å². The summed E-state index contributed by atoms with van der Waals surface area (Å²) in [5.74, 6) is -0.699. The molecule has 1 aromatic carbocycles. The van der Waals surface area contributed by atoms with E-state index in [9.17, 15) is 14.0 Å². The highest BCUT2D eigenvalue weighted by atomic mass is 19.1. The van der Waals surface area contributed by atoms with E-state index in [0.717, 1.165) is 31.6 Å². The number of aromatic amines is 1. The molecule has 3 rings (SSSR count). The predicted octanol–water partition coefficient (Wildman–Crippen LogP) is 1.36.